The van der Waals surface area contributed by atoms with Crippen LogP contribution in [-0.4, -0.2) is 38.8 Å². The number of rotatable bonds is 6. The molecule has 0 radical (unpaired) electrons. The first-order valence-corrected chi connectivity index (χ1v) is 9.23. The zero-order valence-electron chi connectivity index (χ0n) is 15.7. The topological polar surface area (TPSA) is 109 Å². The molecule has 0 aliphatic heterocycles. The molecule has 0 bridgehead atoms. The molecule has 2 heterocycles. The summed E-state index contributed by atoms with van der Waals surface area (Å²) in [5.74, 6) is 0.366. The van der Waals surface area contributed by atoms with Gasteiger partial charge in [0.15, 0.2) is 5.65 Å². The van der Waals surface area contributed by atoms with Gasteiger partial charge in [0, 0.05) is 23.8 Å². The lowest BCUT2D eigenvalue weighted by Gasteiger charge is -2.08. The molecule has 2 amide bonds. The van der Waals surface area contributed by atoms with Crippen molar-refractivity contribution in [2.45, 2.75) is 38.8 Å². The highest BCUT2D eigenvalue weighted by molar-refractivity contribution is 6.04. The molecule has 3 aromatic rings. The molecule has 8 nitrogen and oxygen atoms in total. The fraction of sp³-hybridized carbons (Fsp3) is 0.300. The van der Waals surface area contributed by atoms with Crippen molar-refractivity contribution in [1.29, 1.82) is 0 Å². The lowest BCUT2D eigenvalue weighted by atomic mass is 10.2. The average Bonchev–Trinajstić information content (AvgIpc) is 3.37. The number of benzene rings is 1. The summed E-state index contributed by atoms with van der Waals surface area (Å²) in [4.78, 5) is 36.1. The Morgan fingerprint density at radius 2 is 2.07 bits per heavy atom. The van der Waals surface area contributed by atoms with Crippen LogP contribution in [-0.2, 0) is 0 Å². The van der Waals surface area contributed by atoms with Crippen molar-refractivity contribution in [3.05, 3.63) is 47.8 Å². The van der Waals surface area contributed by atoms with Crippen molar-refractivity contribution in [2.75, 3.05) is 0 Å². The van der Waals surface area contributed by atoms with E-state index in [1.807, 2.05) is 13.8 Å². The molecule has 144 valence electrons. The maximum atomic E-state index is 12.3. The number of carbonyl (C=O) groups is 2. The Labute approximate surface area is 161 Å². The number of aromatic nitrogens is 3. The zero-order chi connectivity index (χ0) is 19.7. The van der Waals surface area contributed by atoms with Crippen LogP contribution in [0, 0.1) is 0 Å². The Hall–Kier alpha value is -3.42. The van der Waals surface area contributed by atoms with Gasteiger partial charge in [-0.3, -0.25) is 9.59 Å². The van der Waals surface area contributed by atoms with Crippen LogP contribution in [0.15, 0.2) is 36.7 Å². The summed E-state index contributed by atoms with van der Waals surface area (Å²) >= 11 is 0. The number of nitrogens with zero attached hydrogens (tertiary/aromatic N) is 2. The SMILES string of the molecule is CC(C)NC(=O)c1c[nH]c2ncc(Oc3cccc(C(=O)NC4CC4)c3)nc12. The van der Waals surface area contributed by atoms with Crippen LogP contribution in [0.2, 0.25) is 0 Å². The van der Waals surface area contributed by atoms with Gasteiger partial charge < -0.3 is 20.4 Å². The summed E-state index contributed by atoms with van der Waals surface area (Å²) in [5, 5.41) is 5.78. The van der Waals surface area contributed by atoms with Gasteiger partial charge in [-0.05, 0) is 44.9 Å². The molecule has 28 heavy (non-hydrogen) atoms. The number of nitrogens with one attached hydrogen (secondary N) is 3. The maximum Gasteiger partial charge on any atom is 0.255 e. The lowest BCUT2D eigenvalue weighted by Crippen LogP contribution is -2.29. The first kappa shape index (κ1) is 18.0. The number of aromatic amines is 1. The number of fused-ring (bicyclic) bond motifs is 1. The molecule has 8 heteroatoms. The van der Waals surface area contributed by atoms with E-state index in [0.717, 1.165) is 12.8 Å². The molecule has 1 saturated carbocycles. The van der Waals surface area contributed by atoms with E-state index in [1.165, 1.54) is 6.20 Å². The van der Waals surface area contributed by atoms with Gasteiger partial charge in [0.25, 0.3) is 11.8 Å². The third-order valence-electron chi connectivity index (χ3n) is 4.25. The molecule has 4 rings (SSSR count). The Bertz CT molecular complexity index is 1040. The van der Waals surface area contributed by atoms with Crippen LogP contribution in [0.1, 0.15) is 47.4 Å². The third kappa shape index (κ3) is 3.95. The minimum Gasteiger partial charge on any atom is -0.437 e. The molecule has 0 unspecified atom stereocenters. The standard InChI is InChI=1S/C20H21N5O3/c1-11(2)23-20(27)15-9-21-18-17(15)25-16(10-22-18)28-14-5-3-4-12(8-14)19(26)24-13-6-7-13/h3-5,8-11,13H,6-7H2,1-2H3,(H,21,22)(H,23,27)(H,24,26). The van der Waals surface area contributed by atoms with E-state index in [0.29, 0.717) is 28.0 Å². The lowest BCUT2D eigenvalue weighted by molar-refractivity contribution is 0.0938. The minimum atomic E-state index is -0.230. The summed E-state index contributed by atoms with van der Waals surface area (Å²) in [7, 11) is 0. The predicted molar refractivity (Wildman–Crippen MR) is 103 cm³/mol. The average molecular weight is 379 g/mol. The highest BCUT2D eigenvalue weighted by atomic mass is 16.5. The van der Waals surface area contributed by atoms with Gasteiger partial charge in [-0.1, -0.05) is 6.07 Å². The number of hydrogen-bond donors (Lipinski definition) is 3. The van der Waals surface area contributed by atoms with Gasteiger partial charge in [0.1, 0.15) is 11.3 Å². The summed E-state index contributed by atoms with van der Waals surface area (Å²) < 4.78 is 5.78. The Morgan fingerprint density at radius 1 is 1.25 bits per heavy atom. The molecule has 0 spiro atoms. The van der Waals surface area contributed by atoms with E-state index in [4.69, 9.17) is 4.74 Å². The van der Waals surface area contributed by atoms with Crippen LogP contribution in [0.25, 0.3) is 11.2 Å². The molecule has 2 aromatic heterocycles. The second-order valence-electron chi connectivity index (χ2n) is 7.11. The first-order chi connectivity index (χ1) is 13.5. The number of H-pyrrole nitrogens is 1. The van der Waals surface area contributed by atoms with Crippen LogP contribution >= 0.6 is 0 Å². The highest BCUT2D eigenvalue weighted by Crippen LogP contribution is 2.24. The van der Waals surface area contributed by atoms with Crippen molar-refractivity contribution >= 4 is 23.0 Å². The van der Waals surface area contributed by atoms with Gasteiger partial charge in [0.2, 0.25) is 5.88 Å². The van der Waals surface area contributed by atoms with Gasteiger partial charge >= 0.3 is 0 Å². The molecule has 1 aliphatic carbocycles. The summed E-state index contributed by atoms with van der Waals surface area (Å²) in [6, 6.07) is 7.18. The van der Waals surface area contributed by atoms with E-state index in [9.17, 15) is 9.59 Å². The van der Waals surface area contributed by atoms with Crippen LogP contribution in [0.3, 0.4) is 0 Å². The van der Waals surface area contributed by atoms with Crippen molar-refractivity contribution in [2.24, 2.45) is 0 Å². The third-order valence-corrected chi connectivity index (χ3v) is 4.25. The van der Waals surface area contributed by atoms with E-state index >= 15 is 0 Å². The number of ether oxygens (including phenoxy) is 1. The molecule has 1 fully saturated rings. The molecular weight excluding hydrogens is 358 g/mol. The van der Waals surface area contributed by atoms with E-state index in [1.54, 1.807) is 30.5 Å². The number of carbonyl (C=O) groups excluding carboxylic acids is 2. The van der Waals surface area contributed by atoms with Crippen molar-refractivity contribution in [3.63, 3.8) is 0 Å². The van der Waals surface area contributed by atoms with E-state index < -0.39 is 0 Å². The van der Waals surface area contributed by atoms with Crippen LogP contribution in [0.5, 0.6) is 11.6 Å². The van der Waals surface area contributed by atoms with Gasteiger partial charge in [-0.15, -0.1) is 0 Å². The van der Waals surface area contributed by atoms with Gasteiger partial charge in [-0.2, -0.15) is 0 Å². The largest absolute Gasteiger partial charge is 0.437 e. The Morgan fingerprint density at radius 3 is 2.82 bits per heavy atom. The van der Waals surface area contributed by atoms with Gasteiger partial charge in [0.05, 0.1) is 11.8 Å². The fourth-order valence-electron chi connectivity index (χ4n) is 2.76. The van der Waals surface area contributed by atoms with Crippen molar-refractivity contribution in [3.8, 4) is 11.6 Å². The van der Waals surface area contributed by atoms with Gasteiger partial charge in [-0.25, -0.2) is 9.97 Å². The molecule has 0 saturated heterocycles. The van der Waals surface area contributed by atoms with Crippen LogP contribution < -0.4 is 15.4 Å². The Balaban J connectivity index is 1.56. The minimum absolute atomic E-state index is 0.00867. The second-order valence-corrected chi connectivity index (χ2v) is 7.11. The van der Waals surface area contributed by atoms with Crippen LogP contribution in [0.4, 0.5) is 0 Å². The van der Waals surface area contributed by atoms with E-state index in [-0.39, 0.29) is 29.8 Å². The molecule has 3 N–H and O–H groups in total. The molecular formula is C20H21N5O3. The molecule has 1 aliphatic rings. The summed E-state index contributed by atoms with van der Waals surface area (Å²) in [6.45, 7) is 3.78. The monoisotopic (exact) mass is 379 g/mol. The fourth-order valence-corrected chi connectivity index (χ4v) is 2.76. The maximum absolute atomic E-state index is 12.3. The molecule has 1 aromatic carbocycles. The predicted octanol–water partition coefficient (Wildman–Crippen LogP) is 2.78. The smallest absolute Gasteiger partial charge is 0.255 e. The highest BCUT2D eigenvalue weighted by Gasteiger charge is 2.24. The second kappa shape index (κ2) is 7.30. The van der Waals surface area contributed by atoms with E-state index in [2.05, 4.69) is 25.6 Å². The molecule has 0 atom stereocenters. The first-order valence-electron chi connectivity index (χ1n) is 9.23. The summed E-state index contributed by atoms with van der Waals surface area (Å²) in [5.41, 5.74) is 1.85. The number of hydrogen-bond acceptors (Lipinski definition) is 5. The summed E-state index contributed by atoms with van der Waals surface area (Å²) in [6.07, 6.45) is 5.11. The normalized spacial score (nSPS) is 13.5. The quantitative estimate of drug-likeness (QED) is 0.610. The Kier molecular flexibility index (Phi) is 4.68. The zero-order valence-corrected chi connectivity index (χ0v) is 15.7. The number of amides is 2. The van der Waals surface area contributed by atoms with Crippen molar-refractivity contribution < 1.29 is 14.3 Å². The van der Waals surface area contributed by atoms with Crippen molar-refractivity contribution in [1.82, 2.24) is 25.6 Å².